The van der Waals surface area contributed by atoms with Gasteiger partial charge >= 0.3 is 0 Å². The van der Waals surface area contributed by atoms with Crippen molar-refractivity contribution < 1.29 is 0 Å². The summed E-state index contributed by atoms with van der Waals surface area (Å²) in [5, 5.41) is 3.81. The summed E-state index contributed by atoms with van der Waals surface area (Å²) in [4.78, 5) is 11.8. The number of benzene rings is 1. The number of nitrogens with one attached hydrogen (secondary N) is 1. The Labute approximate surface area is 97.6 Å². The Morgan fingerprint density at radius 3 is 2.56 bits per heavy atom. The fourth-order valence-corrected chi connectivity index (χ4v) is 1.93. The fraction of sp³-hybridized carbons (Fsp3) is 0.250. The molecule has 82 valence electrons. The highest BCUT2D eigenvalue weighted by Crippen LogP contribution is 2.38. The fourth-order valence-electron chi connectivity index (χ4n) is 1.80. The lowest BCUT2D eigenvalue weighted by molar-refractivity contribution is 0.816. The highest BCUT2D eigenvalue weighted by atomic mass is 35.5. The van der Waals surface area contributed by atoms with Crippen molar-refractivity contribution in [3.05, 3.63) is 51.4 Å². The van der Waals surface area contributed by atoms with Gasteiger partial charge in [-0.05, 0) is 37.1 Å². The number of hydrogen-bond acceptors (Lipinski definition) is 1. The molecule has 0 aliphatic heterocycles. The average molecular weight is 235 g/mol. The zero-order valence-electron chi connectivity index (χ0n) is 8.61. The summed E-state index contributed by atoms with van der Waals surface area (Å²) in [5.41, 5.74) is 1.85. The van der Waals surface area contributed by atoms with Crippen molar-refractivity contribution in [2.24, 2.45) is 0 Å². The molecule has 0 spiro atoms. The largest absolute Gasteiger partial charge is 0.295 e. The molecule has 1 aliphatic rings. The van der Waals surface area contributed by atoms with Gasteiger partial charge in [-0.1, -0.05) is 11.6 Å². The lowest BCUT2D eigenvalue weighted by atomic mass is 10.3. The summed E-state index contributed by atoms with van der Waals surface area (Å²) < 4.78 is 1.56. The molecule has 3 rings (SSSR count). The van der Waals surface area contributed by atoms with Crippen LogP contribution in [0, 0.1) is 0 Å². The van der Waals surface area contributed by atoms with Crippen LogP contribution in [-0.2, 0) is 0 Å². The smallest absolute Gasteiger partial charge is 0.271 e. The lowest BCUT2D eigenvalue weighted by Gasteiger charge is -2.01. The van der Waals surface area contributed by atoms with Crippen LogP contribution in [0.3, 0.4) is 0 Å². The summed E-state index contributed by atoms with van der Waals surface area (Å²) in [7, 11) is 0. The molecular weight excluding hydrogens is 224 g/mol. The van der Waals surface area contributed by atoms with E-state index in [2.05, 4.69) is 5.10 Å². The maximum absolute atomic E-state index is 11.8. The van der Waals surface area contributed by atoms with Crippen LogP contribution in [0.2, 0.25) is 5.02 Å². The third kappa shape index (κ3) is 1.67. The number of nitrogens with zero attached hydrogens (tertiary/aromatic N) is 1. The van der Waals surface area contributed by atoms with E-state index in [1.54, 1.807) is 22.9 Å². The molecule has 1 N–H and O–H groups in total. The molecule has 0 atom stereocenters. The maximum Gasteiger partial charge on any atom is 0.271 e. The highest BCUT2D eigenvalue weighted by molar-refractivity contribution is 6.30. The molecule has 0 bridgehead atoms. The Bertz CT molecular complexity index is 563. The van der Waals surface area contributed by atoms with E-state index in [-0.39, 0.29) is 5.56 Å². The summed E-state index contributed by atoms with van der Waals surface area (Å²) in [6.45, 7) is 0. The van der Waals surface area contributed by atoms with Crippen LogP contribution in [0.5, 0.6) is 0 Å². The van der Waals surface area contributed by atoms with E-state index >= 15 is 0 Å². The Kier molecular flexibility index (Phi) is 2.14. The molecule has 1 aromatic heterocycles. The molecule has 1 aliphatic carbocycles. The van der Waals surface area contributed by atoms with Crippen LogP contribution in [-0.4, -0.2) is 9.78 Å². The Morgan fingerprint density at radius 1 is 1.25 bits per heavy atom. The van der Waals surface area contributed by atoms with Crippen molar-refractivity contribution in [3.63, 3.8) is 0 Å². The second-order valence-corrected chi connectivity index (χ2v) is 4.57. The molecule has 0 amide bonds. The molecule has 3 nitrogen and oxygen atoms in total. The first kappa shape index (κ1) is 9.73. The number of H-pyrrole nitrogens is 1. The molecule has 1 saturated carbocycles. The number of aromatic nitrogens is 2. The van der Waals surface area contributed by atoms with E-state index < -0.39 is 0 Å². The van der Waals surface area contributed by atoms with Gasteiger partial charge in [0, 0.05) is 22.7 Å². The molecule has 0 saturated heterocycles. The molecule has 2 aromatic rings. The highest BCUT2D eigenvalue weighted by Gasteiger charge is 2.26. The van der Waals surface area contributed by atoms with Crippen LogP contribution in [0.4, 0.5) is 0 Å². The zero-order chi connectivity index (χ0) is 11.1. The average Bonchev–Trinajstić information content (AvgIpc) is 3.04. The Hall–Kier alpha value is -1.48. The number of rotatable bonds is 2. The Morgan fingerprint density at radius 2 is 1.94 bits per heavy atom. The van der Waals surface area contributed by atoms with Crippen molar-refractivity contribution in [1.82, 2.24) is 9.78 Å². The van der Waals surface area contributed by atoms with Gasteiger partial charge in [-0.2, -0.15) is 0 Å². The van der Waals surface area contributed by atoms with Gasteiger partial charge in [0.15, 0.2) is 0 Å². The second-order valence-electron chi connectivity index (χ2n) is 4.14. The van der Waals surface area contributed by atoms with Gasteiger partial charge in [-0.15, -0.1) is 0 Å². The number of hydrogen-bond donors (Lipinski definition) is 1. The van der Waals surface area contributed by atoms with Gasteiger partial charge in [-0.25, -0.2) is 4.68 Å². The third-order valence-electron chi connectivity index (χ3n) is 2.84. The predicted octanol–water partition coefficient (Wildman–Crippen LogP) is 2.70. The SMILES string of the molecule is O=c1cc(C2CC2)[nH]n1-c1ccc(Cl)cc1. The van der Waals surface area contributed by atoms with Crippen LogP contribution in [0.25, 0.3) is 5.69 Å². The van der Waals surface area contributed by atoms with Crippen molar-refractivity contribution in [1.29, 1.82) is 0 Å². The summed E-state index contributed by atoms with van der Waals surface area (Å²) in [6, 6.07) is 8.90. The van der Waals surface area contributed by atoms with Gasteiger partial charge in [0.25, 0.3) is 5.56 Å². The van der Waals surface area contributed by atoms with Crippen molar-refractivity contribution in [2.45, 2.75) is 18.8 Å². The second kappa shape index (κ2) is 3.52. The number of aromatic amines is 1. The van der Waals surface area contributed by atoms with Gasteiger partial charge in [-0.3, -0.25) is 9.89 Å². The van der Waals surface area contributed by atoms with Gasteiger partial charge < -0.3 is 0 Å². The van der Waals surface area contributed by atoms with Crippen LogP contribution < -0.4 is 5.56 Å². The molecule has 16 heavy (non-hydrogen) atoms. The van der Waals surface area contributed by atoms with E-state index in [4.69, 9.17) is 11.6 Å². The van der Waals surface area contributed by atoms with E-state index in [1.165, 1.54) is 12.8 Å². The van der Waals surface area contributed by atoms with Crippen molar-refractivity contribution in [2.75, 3.05) is 0 Å². The van der Waals surface area contributed by atoms with Crippen LogP contribution >= 0.6 is 11.6 Å². The summed E-state index contributed by atoms with van der Waals surface area (Å²) in [5.74, 6) is 0.557. The minimum Gasteiger partial charge on any atom is -0.295 e. The Balaban J connectivity index is 2.05. The first-order valence-corrected chi connectivity index (χ1v) is 5.70. The normalized spacial score (nSPS) is 15.3. The zero-order valence-corrected chi connectivity index (χ0v) is 9.37. The molecular formula is C12H11ClN2O. The van der Waals surface area contributed by atoms with E-state index in [0.29, 0.717) is 10.9 Å². The first-order chi connectivity index (χ1) is 7.74. The minimum atomic E-state index is -0.00998. The molecule has 1 fully saturated rings. The monoisotopic (exact) mass is 234 g/mol. The van der Waals surface area contributed by atoms with Crippen LogP contribution in [0.1, 0.15) is 24.5 Å². The lowest BCUT2D eigenvalue weighted by Crippen LogP contribution is -2.13. The van der Waals surface area contributed by atoms with Gasteiger partial charge in [0.05, 0.1) is 5.69 Å². The molecule has 1 heterocycles. The molecule has 4 heteroatoms. The summed E-state index contributed by atoms with van der Waals surface area (Å²) in [6.07, 6.45) is 2.36. The topological polar surface area (TPSA) is 37.8 Å². The van der Waals surface area contributed by atoms with E-state index in [0.717, 1.165) is 11.4 Å². The first-order valence-electron chi connectivity index (χ1n) is 5.32. The third-order valence-corrected chi connectivity index (χ3v) is 3.09. The molecule has 1 aromatic carbocycles. The van der Waals surface area contributed by atoms with Crippen molar-refractivity contribution >= 4 is 11.6 Å². The van der Waals surface area contributed by atoms with Gasteiger partial charge in [0.2, 0.25) is 0 Å². The van der Waals surface area contributed by atoms with E-state index in [1.807, 2.05) is 12.1 Å². The minimum absolute atomic E-state index is 0.00998. The van der Waals surface area contributed by atoms with Crippen LogP contribution in [0.15, 0.2) is 35.1 Å². The quantitative estimate of drug-likeness (QED) is 0.853. The van der Waals surface area contributed by atoms with E-state index in [9.17, 15) is 4.79 Å². The summed E-state index contributed by atoms with van der Waals surface area (Å²) >= 11 is 5.81. The van der Waals surface area contributed by atoms with Gasteiger partial charge in [0.1, 0.15) is 0 Å². The van der Waals surface area contributed by atoms with Crippen molar-refractivity contribution in [3.8, 4) is 5.69 Å². The predicted molar refractivity (Wildman–Crippen MR) is 63.4 cm³/mol. The number of halogens is 1. The maximum atomic E-state index is 11.8. The molecule has 0 radical (unpaired) electrons. The standard InChI is InChI=1S/C12H11ClN2O/c13-9-3-5-10(6-4-9)15-12(16)7-11(14-15)8-1-2-8/h3-8,14H,1-2H2. The molecule has 0 unspecified atom stereocenters.